The van der Waals surface area contributed by atoms with Crippen molar-refractivity contribution in [1.82, 2.24) is 10.2 Å². The molecule has 0 radical (unpaired) electrons. The van der Waals surface area contributed by atoms with E-state index in [-0.39, 0.29) is 30.8 Å². The molecule has 0 bridgehead atoms. The van der Waals surface area contributed by atoms with E-state index in [1.165, 1.54) is 6.92 Å². The van der Waals surface area contributed by atoms with Crippen LogP contribution in [-0.2, 0) is 14.4 Å². The number of hydrogen-bond acceptors (Lipinski definition) is 3. The van der Waals surface area contributed by atoms with Crippen LogP contribution in [0.5, 0.6) is 0 Å². The van der Waals surface area contributed by atoms with E-state index in [1.807, 2.05) is 30.3 Å². The highest BCUT2D eigenvalue weighted by molar-refractivity contribution is 5.85. The van der Waals surface area contributed by atoms with E-state index in [2.05, 4.69) is 5.32 Å². The second-order valence-corrected chi connectivity index (χ2v) is 6.29. The Kier molecular flexibility index (Phi) is 6.35. The third-order valence-electron chi connectivity index (χ3n) is 4.37. The lowest BCUT2D eigenvalue weighted by molar-refractivity contribution is -0.138. The Morgan fingerprint density at radius 1 is 1.21 bits per heavy atom. The first-order chi connectivity index (χ1) is 11.5. The highest BCUT2D eigenvalue weighted by atomic mass is 16.2. The second-order valence-electron chi connectivity index (χ2n) is 6.29. The number of nitrogens with two attached hydrogens (primary N) is 1. The molecule has 0 aromatic heterocycles. The van der Waals surface area contributed by atoms with E-state index in [4.69, 9.17) is 5.73 Å². The summed E-state index contributed by atoms with van der Waals surface area (Å²) in [6.45, 7) is 1.36. The first kappa shape index (κ1) is 18.0. The van der Waals surface area contributed by atoms with Gasteiger partial charge in [-0.1, -0.05) is 43.2 Å². The van der Waals surface area contributed by atoms with Gasteiger partial charge in [-0.15, -0.1) is 0 Å². The molecule has 0 saturated heterocycles. The Labute approximate surface area is 142 Å². The Balaban J connectivity index is 2.14. The molecule has 24 heavy (non-hydrogen) atoms. The zero-order valence-corrected chi connectivity index (χ0v) is 14.0. The van der Waals surface area contributed by atoms with Gasteiger partial charge in [0.05, 0.1) is 19.0 Å². The molecule has 0 heterocycles. The van der Waals surface area contributed by atoms with E-state index < -0.39 is 11.9 Å². The predicted octanol–water partition coefficient (Wildman–Crippen LogP) is 1.51. The molecule has 1 aliphatic carbocycles. The predicted molar refractivity (Wildman–Crippen MR) is 90.8 cm³/mol. The summed E-state index contributed by atoms with van der Waals surface area (Å²) in [5, 5.41) is 2.82. The van der Waals surface area contributed by atoms with E-state index in [0.29, 0.717) is 0 Å². The molecule has 1 saturated carbocycles. The van der Waals surface area contributed by atoms with Crippen LogP contribution in [0.4, 0.5) is 0 Å². The minimum Gasteiger partial charge on any atom is -0.368 e. The van der Waals surface area contributed by atoms with Gasteiger partial charge in [-0.05, 0) is 18.4 Å². The van der Waals surface area contributed by atoms with Crippen molar-refractivity contribution in [3.8, 4) is 0 Å². The maximum absolute atomic E-state index is 12.8. The van der Waals surface area contributed by atoms with Gasteiger partial charge >= 0.3 is 0 Å². The van der Waals surface area contributed by atoms with E-state index in [1.54, 1.807) is 4.90 Å². The molecule has 6 heteroatoms. The topological polar surface area (TPSA) is 92.5 Å². The standard InChI is InChI=1S/C18H25N3O3/c1-13(22)20-16(14-7-3-2-4-8-14)11-18(24)21(12-17(19)23)15-9-5-6-10-15/h2-4,7-8,15-16H,5-6,9-12H2,1H3,(H2,19,23)(H,20,22)/t16-/m0/s1. The Hall–Kier alpha value is -2.37. The molecule has 1 atom stereocenters. The zero-order valence-electron chi connectivity index (χ0n) is 14.0. The first-order valence-corrected chi connectivity index (χ1v) is 8.37. The fourth-order valence-electron chi connectivity index (χ4n) is 3.28. The highest BCUT2D eigenvalue weighted by Crippen LogP contribution is 2.26. The molecule has 1 aliphatic rings. The van der Waals surface area contributed by atoms with Crippen molar-refractivity contribution in [3.05, 3.63) is 35.9 Å². The number of primary amides is 1. The van der Waals surface area contributed by atoms with Crippen LogP contribution in [0.2, 0.25) is 0 Å². The van der Waals surface area contributed by atoms with Crippen LogP contribution in [0.25, 0.3) is 0 Å². The van der Waals surface area contributed by atoms with Crippen molar-refractivity contribution in [1.29, 1.82) is 0 Å². The lowest BCUT2D eigenvalue weighted by Crippen LogP contribution is -2.45. The third-order valence-corrected chi connectivity index (χ3v) is 4.37. The fourth-order valence-corrected chi connectivity index (χ4v) is 3.28. The summed E-state index contributed by atoms with van der Waals surface area (Å²) in [5.41, 5.74) is 6.19. The number of nitrogens with zero attached hydrogens (tertiary/aromatic N) is 1. The van der Waals surface area contributed by atoms with Gasteiger partial charge in [0, 0.05) is 13.0 Å². The van der Waals surface area contributed by atoms with E-state index in [0.717, 1.165) is 31.2 Å². The average molecular weight is 331 g/mol. The molecule has 6 nitrogen and oxygen atoms in total. The molecule has 0 aliphatic heterocycles. The molecule has 3 N–H and O–H groups in total. The number of nitrogens with one attached hydrogen (secondary N) is 1. The number of carbonyl (C=O) groups excluding carboxylic acids is 3. The molecule has 130 valence electrons. The number of carbonyl (C=O) groups is 3. The molecule has 2 rings (SSSR count). The highest BCUT2D eigenvalue weighted by Gasteiger charge is 2.29. The van der Waals surface area contributed by atoms with Gasteiger partial charge in [0.2, 0.25) is 17.7 Å². The largest absolute Gasteiger partial charge is 0.368 e. The lowest BCUT2D eigenvalue weighted by atomic mass is 10.0. The molecular weight excluding hydrogens is 306 g/mol. The minimum absolute atomic E-state index is 0.0644. The van der Waals surface area contributed by atoms with Gasteiger partial charge < -0.3 is 16.0 Å². The van der Waals surface area contributed by atoms with Gasteiger partial charge in [-0.25, -0.2) is 0 Å². The van der Waals surface area contributed by atoms with Crippen LogP contribution in [0, 0.1) is 0 Å². The summed E-state index contributed by atoms with van der Waals surface area (Å²) in [6, 6.07) is 9.03. The Morgan fingerprint density at radius 3 is 2.38 bits per heavy atom. The summed E-state index contributed by atoms with van der Waals surface area (Å²) in [6.07, 6.45) is 4.03. The monoisotopic (exact) mass is 331 g/mol. The van der Waals surface area contributed by atoms with Crippen molar-refractivity contribution in [2.75, 3.05) is 6.54 Å². The van der Waals surface area contributed by atoms with Crippen LogP contribution in [0.1, 0.15) is 50.6 Å². The number of hydrogen-bond donors (Lipinski definition) is 2. The third kappa shape index (κ3) is 5.08. The van der Waals surface area contributed by atoms with Crippen LogP contribution in [0.15, 0.2) is 30.3 Å². The number of amides is 3. The summed E-state index contributed by atoms with van der Waals surface area (Å²) in [5.74, 6) is -0.853. The fraction of sp³-hybridized carbons (Fsp3) is 0.500. The summed E-state index contributed by atoms with van der Waals surface area (Å²) in [4.78, 5) is 37.3. The molecular formula is C18H25N3O3. The second kappa shape index (κ2) is 8.47. The molecule has 1 fully saturated rings. The van der Waals surface area contributed by atoms with Crippen LogP contribution in [-0.4, -0.2) is 35.2 Å². The summed E-state index contributed by atoms with van der Waals surface area (Å²) in [7, 11) is 0. The average Bonchev–Trinajstić information content (AvgIpc) is 3.06. The molecule has 0 unspecified atom stereocenters. The Morgan fingerprint density at radius 2 is 1.83 bits per heavy atom. The molecule has 3 amide bonds. The number of benzene rings is 1. The first-order valence-electron chi connectivity index (χ1n) is 8.37. The van der Waals surface area contributed by atoms with Crippen molar-refractivity contribution < 1.29 is 14.4 Å². The Bertz CT molecular complexity index is 582. The van der Waals surface area contributed by atoms with Crippen molar-refractivity contribution in [2.24, 2.45) is 5.73 Å². The normalized spacial score (nSPS) is 15.7. The van der Waals surface area contributed by atoms with Crippen LogP contribution >= 0.6 is 0 Å². The van der Waals surface area contributed by atoms with Crippen molar-refractivity contribution in [2.45, 2.75) is 51.1 Å². The lowest BCUT2D eigenvalue weighted by Gasteiger charge is -2.29. The van der Waals surface area contributed by atoms with Gasteiger partial charge in [0.25, 0.3) is 0 Å². The van der Waals surface area contributed by atoms with Gasteiger partial charge in [0.1, 0.15) is 0 Å². The molecule has 0 spiro atoms. The van der Waals surface area contributed by atoms with Crippen LogP contribution in [0.3, 0.4) is 0 Å². The van der Waals surface area contributed by atoms with E-state index >= 15 is 0 Å². The summed E-state index contributed by atoms with van der Waals surface area (Å²) >= 11 is 0. The van der Waals surface area contributed by atoms with Gasteiger partial charge in [-0.2, -0.15) is 0 Å². The molecule has 1 aromatic rings. The zero-order chi connectivity index (χ0) is 17.5. The van der Waals surface area contributed by atoms with Crippen molar-refractivity contribution in [3.63, 3.8) is 0 Å². The maximum atomic E-state index is 12.8. The minimum atomic E-state index is -0.508. The SMILES string of the molecule is CC(=O)N[C@@H](CC(=O)N(CC(N)=O)C1CCCC1)c1ccccc1. The maximum Gasteiger partial charge on any atom is 0.237 e. The van der Waals surface area contributed by atoms with Gasteiger partial charge in [-0.3, -0.25) is 14.4 Å². The number of rotatable bonds is 7. The van der Waals surface area contributed by atoms with E-state index in [9.17, 15) is 14.4 Å². The molecule has 1 aromatic carbocycles. The van der Waals surface area contributed by atoms with Crippen molar-refractivity contribution >= 4 is 17.7 Å². The smallest absolute Gasteiger partial charge is 0.237 e. The quantitative estimate of drug-likeness (QED) is 0.793. The van der Waals surface area contributed by atoms with Gasteiger partial charge in [0.15, 0.2) is 0 Å². The van der Waals surface area contributed by atoms with Crippen LogP contribution < -0.4 is 11.1 Å². The summed E-state index contributed by atoms with van der Waals surface area (Å²) < 4.78 is 0.